The standard InChI is InChI=1S/C15H15FN4O3S/c16-13-1-2-15(12(9-13)10-17)19-4-6-20(7-5-19)24(21,22)11-14-3-8-23-18-14/h1-3,8-9H,4-7,11H2. The smallest absolute Gasteiger partial charge is 0.220 e. The van der Waals surface area contributed by atoms with Crippen LogP contribution in [0.1, 0.15) is 11.3 Å². The number of halogens is 1. The highest BCUT2D eigenvalue weighted by Crippen LogP contribution is 2.23. The molecule has 9 heteroatoms. The molecule has 1 aliphatic rings. The Hall–Kier alpha value is -2.44. The molecule has 1 aromatic heterocycles. The van der Waals surface area contributed by atoms with Gasteiger partial charge in [0, 0.05) is 32.2 Å². The maximum atomic E-state index is 13.2. The zero-order valence-corrected chi connectivity index (χ0v) is 13.5. The Labute approximate surface area is 138 Å². The third kappa shape index (κ3) is 3.39. The number of rotatable bonds is 4. The Morgan fingerprint density at radius 2 is 2.00 bits per heavy atom. The normalized spacial score (nSPS) is 16.1. The van der Waals surface area contributed by atoms with Crippen LogP contribution < -0.4 is 4.90 Å². The first-order chi connectivity index (χ1) is 11.5. The highest BCUT2D eigenvalue weighted by atomic mass is 32.2. The molecular formula is C15H15FN4O3S. The second-order valence-electron chi connectivity index (χ2n) is 5.41. The molecule has 0 amide bonds. The molecule has 0 radical (unpaired) electrons. The van der Waals surface area contributed by atoms with Gasteiger partial charge in [0.05, 0.1) is 16.9 Å². The summed E-state index contributed by atoms with van der Waals surface area (Å²) in [6.45, 7) is 1.45. The van der Waals surface area contributed by atoms with Crippen molar-refractivity contribution >= 4 is 15.7 Å². The number of hydrogen-bond donors (Lipinski definition) is 0. The van der Waals surface area contributed by atoms with Gasteiger partial charge in [-0.05, 0) is 18.2 Å². The Morgan fingerprint density at radius 1 is 1.25 bits per heavy atom. The number of nitriles is 1. The number of aromatic nitrogens is 1. The fourth-order valence-electron chi connectivity index (χ4n) is 2.67. The van der Waals surface area contributed by atoms with E-state index in [9.17, 15) is 12.8 Å². The van der Waals surface area contributed by atoms with E-state index in [4.69, 9.17) is 5.26 Å². The van der Waals surface area contributed by atoms with E-state index in [1.54, 1.807) is 6.07 Å². The lowest BCUT2D eigenvalue weighted by atomic mass is 10.1. The molecule has 1 aromatic carbocycles. The first-order valence-corrected chi connectivity index (χ1v) is 8.92. The molecular weight excluding hydrogens is 335 g/mol. The molecule has 1 fully saturated rings. The van der Waals surface area contributed by atoms with Crippen molar-refractivity contribution in [1.82, 2.24) is 9.46 Å². The van der Waals surface area contributed by atoms with Gasteiger partial charge in [-0.1, -0.05) is 5.16 Å². The van der Waals surface area contributed by atoms with Gasteiger partial charge in [-0.25, -0.2) is 12.8 Å². The number of sulfonamides is 1. The van der Waals surface area contributed by atoms with Crippen LogP contribution in [0.5, 0.6) is 0 Å². The fraction of sp³-hybridized carbons (Fsp3) is 0.333. The van der Waals surface area contributed by atoms with Crippen LogP contribution in [0.2, 0.25) is 0 Å². The van der Waals surface area contributed by atoms with Crippen LogP contribution >= 0.6 is 0 Å². The van der Waals surface area contributed by atoms with Gasteiger partial charge in [-0.15, -0.1) is 0 Å². The van der Waals surface area contributed by atoms with E-state index in [1.165, 1.54) is 28.8 Å². The van der Waals surface area contributed by atoms with Crippen LogP contribution in [0, 0.1) is 17.1 Å². The van der Waals surface area contributed by atoms with Crippen LogP contribution in [-0.4, -0.2) is 44.1 Å². The van der Waals surface area contributed by atoms with Gasteiger partial charge in [0.1, 0.15) is 23.9 Å². The summed E-state index contributed by atoms with van der Waals surface area (Å²) in [5, 5.41) is 12.8. The van der Waals surface area contributed by atoms with Crippen LogP contribution in [0.15, 0.2) is 35.1 Å². The summed E-state index contributed by atoms with van der Waals surface area (Å²) in [5.41, 5.74) is 1.23. The molecule has 0 atom stereocenters. The summed E-state index contributed by atoms with van der Waals surface area (Å²) < 4.78 is 44.1. The molecule has 1 aliphatic heterocycles. The number of hydrogen-bond acceptors (Lipinski definition) is 6. The molecule has 1 saturated heterocycles. The molecule has 2 aromatic rings. The van der Waals surface area contributed by atoms with Gasteiger partial charge in [-0.2, -0.15) is 9.57 Å². The van der Waals surface area contributed by atoms with Crippen molar-refractivity contribution < 1.29 is 17.3 Å². The third-order valence-corrected chi connectivity index (χ3v) is 5.69. The van der Waals surface area contributed by atoms with Crippen molar-refractivity contribution in [3.63, 3.8) is 0 Å². The van der Waals surface area contributed by atoms with Gasteiger partial charge in [0.15, 0.2) is 0 Å². The van der Waals surface area contributed by atoms with E-state index in [1.807, 2.05) is 11.0 Å². The van der Waals surface area contributed by atoms with Gasteiger partial charge in [0.2, 0.25) is 10.0 Å². The average molecular weight is 350 g/mol. The molecule has 126 valence electrons. The summed E-state index contributed by atoms with van der Waals surface area (Å²) in [6.07, 6.45) is 1.33. The lowest BCUT2D eigenvalue weighted by molar-refractivity contribution is 0.381. The quantitative estimate of drug-likeness (QED) is 0.826. The van der Waals surface area contributed by atoms with Crippen molar-refractivity contribution in [3.05, 3.63) is 47.6 Å². The Balaban J connectivity index is 1.69. The van der Waals surface area contributed by atoms with Crippen molar-refractivity contribution in [2.45, 2.75) is 5.75 Å². The minimum Gasteiger partial charge on any atom is -0.368 e. The molecule has 0 unspecified atom stereocenters. The van der Waals surface area contributed by atoms with Crippen LogP contribution in [0.3, 0.4) is 0 Å². The first-order valence-electron chi connectivity index (χ1n) is 7.31. The van der Waals surface area contributed by atoms with Crippen LogP contribution in [-0.2, 0) is 15.8 Å². The maximum absolute atomic E-state index is 13.2. The van der Waals surface area contributed by atoms with Gasteiger partial charge >= 0.3 is 0 Å². The summed E-state index contributed by atoms with van der Waals surface area (Å²) in [4.78, 5) is 1.89. The van der Waals surface area contributed by atoms with Crippen molar-refractivity contribution in [3.8, 4) is 6.07 Å². The maximum Gasteiger partial charge on any atom is 0.220 e. The van der Waals surface area contributed by atoms with Gasteiger partial charge < -0.3 is 9.42 Å². The van der Waals surface area contributed by atoms with Gasteiger partial charge in [-0.3, -0.25) is 0 Å². The van der Waals surface area contributed by atoms with Crippen molar-refractivity contribution in [1.29, 1.82) is 5.26 Å². The summed E-state index contributed by atoms with van der Waals surface area (Å²) in [6, 6.07) is 7.52. The number of anilines is 1. The summed E-state index contributed by atoms with van der Waals surface area (Å²) >= 11 is 0. The second-order valence-corrected chi connectivity index (χ2v) is 7.38. The van der Waals surface area contributed by atoms with E-state index >= 15 is 0 Å². The molecule has 0 spiro atoms. The number of piperazine rings is 1. The highest BCUT2D eigenvalue weighted by molar-refractivity contribution is 7.88. The molecule has 7 nitrogen and oxygen atoms in total. The largest absolute Gasteiger partial charge is 0.368 e. The zero-order valence-electron chi connectivity index (χ0n) is 12.7. The van der Waals surface area contributed by atoms with Crippen LogP contribution in [0.25, 0.3) is 0 Å². The molecule has 0 aliphatic carbocycles. The minimum atomic E-state index is -3.48. The van der Waals surface area contributed by atoms with E-state index in [0.717, 1.165) is 0 Å². The summed E-state index contributed by atoms with van der Waals surface area (Å²) in [5.74, 6) is -0.673. The predicted molar refractivity (Wildman–Crippen MR) is 84.0 cm³/mol. The zero-order chi connectivity index (χ0) is 17.2. The topological polar surface area (TPSA) is 90.4 Å². The third-order valence-electron chi connectivity index (χ3n) is 3.87. The van der Waals surface area contributed by atoms with E-state index in [-0.39, 0.29) is 11.3 Å². The van der Waals surface area contributed by atoms with E-state index in [0.29, 0.717) is 37.6 Å². The SMILES string of the molecule is N#Cc1cc(F)ccc1N1CCN(S(=O)(=O)Cc2ccon2)CC1. The molecule has 0 N–H and O–H groups in total. The Kier molecular flexibility index (Phi) is 4.51. The lowest BCUT2D eigenvalue weighted by Crippen LogP contribution is -2.49. The minimum absolute atomic E-state index is 0.205. The van der Waals surface area contributed by atoms with E-state index < -0.39 is 15.8 Å². The molecule has 0 bridgehead atoms. The van der Waals surface area contributed by atoms with Gasteiger partial charge in [0.25, 0.3) is 0 Å². The predicted octanol–water partition coefficient (Wildman–Crippen LogP) is 1.34. The fourth-order valence-corrected chi connectivity index (χ4v) is 4.10. The number of nitrogens with zero attached hydrogens (tertiary/aromatic N) is 4. The average Bonchev–Trinajstić information content (AvgIpc) is 3.07. The molecule has 24 heavy (non-hydrogen) atoms. The van der Waals surface area contributed by atoms with Crippen LogP contribution in [0.4, 0.5) is 10.1 Å². The molecule has 0 saturated carbocycles. The lowest BCUT2D eigenvalue weighted by Gasteiger charge is -2.35. The number of benzene rings is 1. The van der Waals surface area contributed by atoms with E-state index in [2.05, 4.69) is 9.68 Å². The monoisotopic (exact) mass is 350 g/mol. The second kappa shape index (κ2) is 6.59. The molecule has 3 rings (SSSR count). The first kappa shape index (κ1) is 16.4. The summed E-state index contributed by atoms with van der Waals surface area (Å²) in [7, 11) is -3.48. The Morgan fingerprint density at radius 3 is 2.62 bits per heavy atom. The molecule has 2 heterocycles. The van der Waals surface area contributed by atoms with Crippen molar-refractivity contribution in [2.24, 2.45) is 0 Å². The highest BCUT2D eigenvalue weighted by Gasteiger charge is 2.28. The van der Waals surface area contributed by atoms with Crippen molar-refractivity contribution in [2.75, 3.05) is 31.1 Å². The Bertz CT molecular complexity index is 853.